The lowest BCUT2D eigenvalue weighted by Crippen LogP contribution is -2.76. The minimum absolute atomic E-state index is 0.669. The number of pyridine rings is 1. The Balaban J connectivity index is 1.23. The van der Waals surface area contributed by atoms with E-state index in [2.05, 4.69) is 152 Å². The van der Waals surface area contributed by atoms with Crippen LogP contribution in [-0.4, -0.2) is 9.25 Å². The average molecular weight is 595 g/mol. The van der Waals surface area contributed by atoms with Gasteiger partial charge in [-0.05, 0) is 72.3 Å². The minimum atomic E-state index is -0.669. The molecular formula is C39H22N4OS+2. The van der Waals surface area contributed by atoms with Gasteiger partial charge in [0.1, 0.15) is 28.3 Å². The number of rotatable bonds is 1. The van der Waals surface area contributed by atoms with Crippen LogP contribution in [0.1, 0.15) is 11.1 Å². The molecule has 0 aliphatic carbocycles. The number of aromatic nitrogens is 4. The van der Waals surface area contributed by atoms with Crippen molar-refractivity contribution in [2.75, 3.05) is 0 Å². The summed E-state index contributed by atoms with van der Waals surface area (Å²) >= 11 is 1.86. The third-order valence-electron chi connectivity index (χ3n) is 10.2. The highest BCUT2D eigenvalue weighted by molar-refractivity contribution is 7.25. The van der Waals surface area contributed by atoms with Crippen LogP contribution in [0.3, 0.4) is 0 Å². The molecule has 6 heteroatoms. The van der Waals surface area contributed by atoms with Crippen LogP contribution in [0.5, 0.6) is 11.5 Å². The van der Waals surface area contributed by atoms with Gasteiger partial charge in [0.15, 0.2) is 11.3 Å². The smallest absolute Gasteiger partial charge is 0.397 e. The first-order chi connectivity index (χ1) is 22.3. The van der Waals surface area contributed by atoms with Crippen LogP contribution in [0.25, 0.3) is 64.6 Å². The van der Waals surface area contributed by atoms with E-state index in [1.807, 2.05) is 11.3 Å². The van der Waals surface area contributed by atoms with E-state index >= 15 is 0 Å². The molecule has 9 aromatic rings. The molecule has 0 bridgehead atoms. The molecule has 1 unspecified atom stereocenters. The number of benzene rings is 5. The Morgan fingerprint density at radius 1 is 0.622 bits per heavy atom. The molecule has 208 valence electrons. The van der Waals surface area contributed by atoms with Crippen LogP contribution < -0.4 is 14.0 Å². The van der Waals surface area contributed by atoms with Crippen LogP contribution in [0.2, 0.25) is 0 Å². The normalized spacial score (nSPS) is 16.7. The van der Waals surface area contributed by atoms with Crippen molar-refractivity contribution in [1.29, 1.82) is 0 Å². The Bertz CT molecular complexity index is 2820. The monoisotopic (exact) mass is 594 g/mol. The Labute approximate surface area is 260 Å². The van der Waals surface area contributed by atoms with Gasteiger partial charge in [-0.25, -0.2) is 0 Å². The molecule has 0 N–H and O–H groups in total. The van der Waals surface area contributed by atoms with Gasteiger partial charge >= 0.3 is 11.3 Å². The largest absolute Gasteiger partial charge is 0.456 e. The van der Waals surface area contributed by atoms with Crippen LogP contribution >= 0.6 is 11.3 Å². The Morgan fingerprint density at radius 2 is 1.38 bits per heavy atom. The fourth-order valence-electron chi connectivity index (χ4n) is 8.48. The minimum Gasteiger partial charge on any atom is -0.456 e. The van der Waals surface area contributed by atoms with E-state index in [1.165, 1.54) is 58.8 Å². The number of fused-ring (bicyclic) bond motifs is 9. The number of hydrogen-bond acceptors (Lipinski definition) is 2. The summed E-state index contributed by atoms with van der Waals surface area (Å²) in [7, 11) is 0. The molecule has 45 heavy (non-hydrogen) atoms. The summed E-state index contributed by atoms with van der Waals surface area (Å²) in [5.74, 6) is 1.79. The molecule has 0 radical (unpaired) electrons. The van der Waals surface area contributed by atoms with Gasteiger partial charge in [0.2, 0.25) is 6.20 Å². The lowest BCUT2D eigenvalue weighted by atomic mass is 9.84. The zero-order valence-corrected chi connectivity index (χ0v) is 24.6. The Morgan fingerprint density at radius 3 is 2.29 bits per heavy atom. The molecular weight excluding hydrogens is 573 g/mol. The van der Waals surface area contributed by atoms with Gasteiger partial charge in [0.25, 0.3) is 0 Å². The maximum atomic E-state index is 6.75. The van der Waals surface area contributed by atoms with Crippen molar-refractivity contribution in [2.45, 2.75) is 5.66 Å². The fourth-order valence-corrected chi connectivity index (χ4v) is 9.56. The second-order valence-corrected chi connectivity index (χ2v) is 13.3. The SMILES string of the molecule is c1cc2c3c(c1)-n1c4ccccc4c4ccc[n+](c41)C31c3c(cccc3-n3cc(-c4ccc5sc6ccccc6c5c4)c[n+]31)O2. The lowest BCUT2D eigenvalue weighted by molar-refractivity contribution is -0.987. The van der Waals surface area contributed by atoms with Crippen molar-refractivity contribution in [3.8, 4) is 34.0 Å². The maximum absolute atomic E-state index is 6.75. The molecule has 0 amide bonds. The van der Waals surface area contributed by atoms with Crippen molar-refractivity contribution in [2.24, 2.45) is 0 Å². The Hall–Kier alpha value is -5.72. The van der Waals surface area contributed by atoms with Gasteiger partial charge in [-0.1, -0.05) is 53.2 Å². The van der Waals surface area contributed by atoms with Crippen LogP contribution in [0, 0.1) is 0 Å². The maximum Gasteiger partial charge on any atom is 0.397 e. The van der Waals surface area contributed by atoms with E-state index in [-0.39, 0.29) is 0 Å². The van der Waals surface area contributed by atoms with E-state index in [0.717, 1.165) is 28.4 Å². The third-order valence-corrected chi connectivity index (χ3v) is 11.3. The second kappa shape index (κ2) is 7.49. The number of nitrogens with zero attached hydrogens (tertiary/aromatic N) is 4. The van der Waals surface area contributed by atoms with Crippen molar-refractivity contribution in [3.05, 3.63) is 145 Å². The van der Waals surface area contributed by atoms with Gasteiger partial charge in [0.05, 0.1) is 23.3 Å². The molecule has 1 atom stereocenters. The summed E-state index contributed by atoms with van der Waals surface area (Å²) in [4.78, 5) is 0. The first-order valence-corrected chi connectivity index (χ1v) is 16.1. The van der Waals surface area contributed by atoms with E-state index in [0.29, 0.717) is 0 Å². The molecule has 5 aromatic carbocycles. The molecule has 0 fully saturated rings. The molecule has 7 heterocycles. The quantitative estimate of drug-likeness (QED) is 0.176. The predicted molar refractivity (Wildman–Crippen MR) is 177 cm³/mol. The highest BCUT2D eigenvalue weighted by atomic mass is 32.1. The summed E-state index contributed by atoms with van der Waals surface area (Å²) in [5, 5.41) is 5.12. The van der Waals surface area contributed by atoms with Gasteiger partial charge in [-0.3, -0.25) is 0 Å². The third kappa shape index (κ3) is 2.45. The van der Waals surface area contributed by atoms with Gasteiger partial charge in [0, 0.05) is 25.6 Å². The summed E-state index contributed by atoms with van der Waals surface area (Å²) in [6, 6.07) is 41.8. The molecule has 3 aliphatic rings. The molecule has 5 nitrogen and oxygen atoms in total. The summed E-state index contributed by atoms with van der Waals surface area (Å²) < 4.78 is 19.1. The number of thiophene rings is 1. The lowest BCUT2D eigenvalue weighted by Gasteiger charge is -2.32. The summed E-state index contributed by atoms with van der Waals surface area (Å²) in [5.41, 5.74) is 8.72. The van der Waals surface area contributed by atoms with Crippen LogP contribution in [0.4, 0.5) is 0 Å². The van der Waals surface area contributed by atoms with E-state index in [9.17, 15) is 0 Å². The van der Waals surface area contributed by atoms with Crippen molar-refractivity contribution >= 4 is 53.4 Å². The van der Waals surface area contributed by atoms with Crippen molar-refractivity contribution < 1.29 is 14.0 Å². The highest BCUT2D eigenvalue weighted by Crippen LogP contribution is 2.54. The summed E-state index contributed by atoms with van der Waals surface area (Å²) in [6.07, 6.45) is 6.89. The molecule has 0 saturated carbocycles. The topological polar surface area (TPSA) is 26.8 Å². The van der Waals surface area contributed by atoms with Crippen LogP contribution in [-0.2, 0) is 5.66 Å². The molecule has 1 spiro atoms. The zero-order chi connectivity index (χ0) is 29.0. The highest BCUT2D eigenvalue weighted by Gasteiger charge is 2.68. The van der Waals surface area contributed by atoms with E-state index in [4.69, 9.17) is 4.74 Å². The number of para-hydroxylation sites is 1. The van der Waals surface area contributed by atoms with E-state index in [1.54, 1.807) is 0 Å². The molecule has 4 aromatic heterocycles. The number of ether oxygens (including phenoxy) is 1. The fraction of sp³-hybridized carbons (Fsp3) is 0.0256. The van der Waals surface area contributed by atoms with Gasteiger partial charge in [-0.2, -0.15) is 9.13 Å². The van der Waals surface area contributed by atoms with Gasteiger partial charge in [-0.15, -0.1) is 16.0 Å². The zero-order valence-electron chi connectivity index (χ0n) is 23.8. The predicted octanol–water partition coefficient (Wildman–Crippen LogP) is 8.21. The summed E-state index contributed by atoms with van der Waals surface area (Å²) in [6.45, 7) is 0. The van der Waals surface area contributed by atoms with Crippen molar-refractivity contribution in [3.63, 3.8) is 0 Å². The average Bonchev–Trinajstić information content (AvgIpc) is 3.83. The van der Waals surface area contributed by atoms with Gasteiger partial charge < -0.3 is 4.74 Å². The van der Waals surface area contributed by atoms with Crippen LogP contribution in [0.15, 0.2) is 134 Å². The van der Waals surface area contributed by atoms with Crippen molar-refractivity contribution in [1.82, 2.24) is 9.25 Å². The first kappa shape index (κ1) is 22.8. The second-order valence-electron chi connectivity index (χ2n) is 12.3. The molecule has 0 saturated heterocycles. The Kier molecular flexibility index (Phi) is 3.79. The standard InChI is InChI=1S/C39H22N4OS/c1-3-11-29-25(8-1)27-10-7-19-40-38(27)43(29)31-13-6-15-33-37(31)39(40)36-30(12-5-14-32(36)44-33)41-21-24(22-42(39)41)23-17-18-35-28(20-23)26-9-2-4-16-34(26)45-35/h1-22H/q+2. The molecule has 12 rings (SSSR count). The van der Waals surface area contributed by atoms with E-state index < -0.39 is 5.66 Å². The molecule has 3 aliphatic heterocycles. The number of hydrogen-bond donors (Lipinski definition) is 0. The first-order valence-electron chi connectivity index (χ1n) is 15.3.